The maximum Gasteiger partial charge on any atom is 0.361 e. The molecule has 0 saturated heterocycles. The van der Waals surface area contributed by atoms with Gasteiger partial charge in [0.2, 0.25) is 14.0 Å². The molecule has 0 aliphatic rings. The van der Waals surface area contributed by atoms with Crippen molar-refractivity contribution in [1.82, 2.24) is 4.90 Å². The van der Waals surface area contributed by atoms with Crippen molar-refractivity contribution < 1.29 is 19.2 Å². The first-order valence-corrected chi connectivity index (χ1v) is 8.75. The average Bonchev–Trinajstić information content (AvgIpc) is 2.09. The van der Waals surface area contributed by atoms with E-state index in [1.54, 1.807) is 0 Å². The van der Waals surface area contributed by atoms with E-state index in [1.165, 1.54) is 7.11 Å². The molecule has 0 aromatic rings. The summed E-state index contributed by atoms with van der Waals surface area (Å²) in [6.45, 7) is 9.26. The van der Waals surface area contributed by atoms with E-state index in [4.69, 9.17) is 9.53 Å². The normalized spacial score (nSPS) is 11.4. The number of nitrogens with zero attached hydrogens (tertiary/aromatic N) is 2. The first-order valence-electron chi connectivity index (χ1n) is 5.35. The molecule has 7 heteroatoms. The number of rotatable bonds is 5. The quantitative estimate of drug-likeness (QED) is 0.357. The molecular weight excluding hydrogens is 252 g/mol. The Bertz CT molecular complexity index is 306. The molecule has 18 heavy (non-hydrogen) atoms. The molecule has 1 N–H and O–H groups in total. The summed E-state index contributed by atoms with van der Waals surface area (Å²) in [6, 6.07) is 0. The summed E-state index contributed by atoms with van der Waals surface area (Å²) in [4.78, 5) is 17.1. The fourth-order valence-electron chi connectivity index (χ4n) is 0.718. The lowest BCUT2D eigenvalue weighted by molar-refractivity contribution is -0.129. The second kappa shape index (κ2) is 8.70. The van der Waals surface area contributed by atoms with Gasteiger partial charge >= 0.3 is 5.97 Å². The van der Waals surface area contributed by atoms with E-state index < -0.39 is 14.3 Å². The third-order valence-corrected chi connectivity index (χ3v) is 1.94. The van der Waals surface area contributed by atoms with Crippen LogP contribution in [-0.4, -0.2) is 58.3 Å². The molecule has 0 amide bonds. The minimum absolute atomic E-state index is 0.0403. The van der Waals surface area contributed by atoms with Crippen LogP contribution < -0.4 is 0 Å². The molecule has 0 rings (SSSR count). The minimum Gasteiger partial charge on any atom is -0.543 e. The van der Waals surface area contributed by atoms with Crippen molar-refractivity contribution in [1.29, 1.82) is 0 Å². The summed E-state index contributed by atoms with van der Waals surface area (Å²) < 4.78 is 5.37. The third kappa shape index (κ3) is 12.7. The van der Waals surface area contributed by atoms with Crippen molar-refractivity contribution in [3.63, 3.8) is 0 Å². The van der Waals surface area contributed by atoms with E-state index in [0.29, 0.717) is 0 Å². The Morgan fingerprint density at radius 2 is 1.67 bits per heavy atom. The van der Waals surface area contributed by atoms with Crippen LogP contribution in [0.3, 0.4) is 0 Å². The monoisotopic (exact) mass is 276 g/mol. The van der Waals surface area contributed by atoms with E-state index in [1.807, 2.05) is 45.7 Å². The summed E-state index contributed by atoms with van der Waals surface area (Å²) in [5, 5.41) is 12.1. The zero-order valence-corrected chi connectivity index (χ0v) is 13.3. The van der Waals surface area contributed by atoms with Gasteiger partial charge in [-0.2, -0.15) is 0 Å². The van der Waals surface area contributed by atoms with Gasteiger partial charge in [0.05, 0.1) is 0 Å². The van der Waals surface area contributed by atoms with Gasteiger partial charge in [-0.3, -0.25) is 0 Å². The molecule has 0 aliphatic heterocycles. The third-order valence-electron chi connectivity index (χ3n) is 1.08. The Hall–Kier alpha value is -1.34. The number of carboxylic acid groups (broad SMARTS) is 1. The molecule has 0 aromatic carbocycles. The van der Waals surface area contributed by atoms with Gasteiger partial charge in [-0.1, -0.05) is 11.7 Å². The van der Waals surface area contributed by atoms with Gasteiger partial charge in [-0.25, -0.2) is 4.79 Å². The number of oxime groups is 1. The number of aliphatic carboxylic acids is 1. The largest absolute Gasteiger partial charge is 0.543 e. The first-order chi connectivity index (χ1) is 8.01. The molecule has 0 atom stereocenters. The van der Waals surface area contributed by atoms with E-state index in [-0.39, 0.29) is 11.5 Å². The van der Waals surface area contributed by atoms with Crippen molar-refractivity contribution in [2.24, 2.45) is 5.16 Å². The van der Waals surface area contributed by atoms with E-state index >= 15 is 0 Å². The lowest BCUT2D eigenvalue weighted by Crippen LogP contribution is -2.29. The Labute approximate surface area is 110 Å². The zero-order chi connectivity index (χ0) is 14.9. The molecule has 6 nitrogen and oxygen atoms in total. The molecule has 0 heterocycles. The van der Waals surface area contributed by atoms with Crippen molar-refractivity contribution in [2.75, 3.05) is 28.3 Å². The summed E-state index contributed by atoms with van der Waals surface area (Å²) in [5.74, 6) is -1.17. The molecule has 0 aliphatic carbocycles. The summed E-state index contributed by atoms with van der Waals surface area (Å²) in [7, 11) is 5.41. The Kier molecular flexibility index (Phi) is 9.19. The van der Waals surface area contributed by atoms with Gasteiger partial charge in [0.1, 0.15) is 12.9 Å². The predicted octanol–water partition coefficient (Wildman–Crippen LogP) is 1.62. The molecule has 0 fully saturated rings. The number of carboxylic acids is 1. The second-order valence-electron chi connectivity index (χ2n) is 4.91. The Balaban J connectivity index is 0. The van der Waals surface area contributed by atoms with Gasteiger partial charge in [0, 0.05) is 0 Å². The highest BCUT2D eigenvalue weighted by atomic mass is 28.4. The SMILES string of the molecule is C=C(O[Si](C)(C)C)C(=NOC)C(=O)O.CN(C)C. The standard InChI is InChI=1S/C8H15NO4Si.C3H9N/c1-6(13-14(3,4)5)7(8(10)11)9-12-2;1-4(2)3/h1H2,2-5H3,(H,10,11);1-3H3. The average molecular weight is 276 g/mol. The van der Waals surface area contributed by atoms with Crippen LogP contribution in [0.25, 0.3) is 0 Å². The van der Waals surface area contributed by atoms with E-state index in [0.717, 1.165) is 0 Å². The van der Waals surface area contributed by atoms with Crippen LogP contribution in [0.5, 0.6) is 0 Å². The molecule has 0 unspecified atom stereocenters. The Morgan fingerprint density at radius 3 is 1.89 bits per heavy atom. The topological polar surface area (TPSA) is 71.4 Å². The maximum absolute atomic E-state index is 10.7. The molecule has 0 spiro atoms. The molecule has 0 saturated carbocycles. The maximum atomic E-state index is 10.7. The summed E-state index contributed by atoms with van der Waals surface area (Å²) >= 11 is 0. The number of carbonyl (C=O) groups is 1. The first kappa shape index (κ1) is 19.0. The van der Waals surface area contributed by atoms with Crippen LogP contribution in [-0.2, 0) is 14.1 Å². The Morgan fingerprint density at radius 1 is 1.28 bits per heavy atom. The van der Waals surface area contributed by atoms with Crippen LogP contribution in [0.15, 0.2) is 17.5 Å². The van der Waals surface area contributed by atoms with E-state index in [9.17, 15) is 4.79 Å². The van der Waals surface area contributed by atoms with Crippen LogP contribution >= 0.6 is 0 Å². The highest BCUT2D eigenvalue weighted by Gasteiger charge is 2.23. The lowest BCUT2D eigenvalue weighted by atomic mass is 10.3. The molecule has 0 radical (unpaired) electrons. The minimum atomic E-state index is -1.86. The van der Waals surface area contributed by atoms with Gasteiger partial charge in [0.15, 0.2) is 0 Å². The highest BCUT2D eigenvalue weighted by Crippen LogP contribution is 2.10. The molecule has 0 aromatic heterocycles. The van der Waals surface area contributed by atoms with E-state index in [2.05, 4.69) is 16.6 Å². The predicted molar refractivity (Wildman–Crippen MR) is 75.3 cm³/mol. The van der Waals surface area contributed by atoms with Crippen LogP contribution in [0.2, 0.25) is 19.6 Å². The smallest absolute Gasteiger partial charge is 0.361 e. The van der Waals surface area contributed by atoms with Crippen molar-refractivity contribution in [3.8, 4) is 0 Å². The summed E-state index contributed by atoms with van der Waals surface area (Å²) in [6.07, 6.45) is 0. The van der Waals surface area contributed by atoms with Crippen molar-refractivity contribution in [2.45, 2.75) is 19.6 Å². The number of hydrogen-bond donors (Lipinski definition) is 1. The van der Waals surface area contributed by atoms with Crippen molar-refractivity contribution in [3.05, 3.63) is 12.3 Å². The van der Waals surface area contributed by atoms with Gasteiger partial charge in [-0.15, -0.1) is 0 Å². The fourth-order valence-corrected chi connectivity index (χ4v) is 1.55. The zero-order valence-electron chi connectivity index (χ0n) is 12.3. The molecule has 106 valence electrons. The van der Waals surface area contributed by atoms with Gasteiger partial charge in [0.25, 0.3) is 0 Å². The number of hydrogen-bond acceptors (Lipinski definition) is 5. The van der Waals surface area contributed by atoms with Crippen molar-refractivity contribution >= 4 is 20.0 Å². The van der Waals surface area contributed by atoms with Crippen LogP contribution in [0.1, 0.15) is 0 Å². The fraction of sp³-hybridized carbons (Fsp3) is 0.636. The summed E-state index contributed by atoms with van der Waals surface area (Å²) in [5.41, 5.74) is -0.296. The second-order valence-corrected chi connectivity index (χ2v) is 9.34. The van der Waals surface area contributed by atoms with Gasteiger partial charge in [-0.05, 0) is 40.8 Å². The highest BCUT2D eigenvalue weighted by molar-refractivity contribution is 6.70. The molecule has 0 bridgehead atoms. The lowest BCUT2D eigenvalue weighted by Gasteiger charge is -2.20. The van der Waals surface area contributed by atoms with Crippen LogP contribution in [0, 0.1) is 0 Å². The van der Waals surface area contributed by atoms with Crippen LogP contribution in [0.4, 0.5) is 0 Å². The van der Waals surface area contributed by atoms with Gasteiger partial charge < -0.3 is 19.3 Å². The molecular formula is C11H24N2O4Si.